The number of hydrogen-bond donors (Lipinski definition) is 1. The molecule has 5 heteroatoms. The molecule has 0 bridgehead atoms. The van der Waals surface area contributed by atoms with Crippen molar-refractivity contribution in [3.05, 3.63) is 34.3 Å². The maximum absolute atomic E-state index is 11.0. The van der Waals surface area contributed by atoms with Crippen molar-refractivity contribution in [2.75, 3.05) is 18.6 Å². The first-order valence-electron chi connectivity index (χ1n) is 5.55. The van der Waals surface area contributed by atoms with Crippen LogP contribution in [-0.4, -0.2) is 27.0 Å². The third-order valence-electron chi connectivity index (χ3n) is 2.51. The maximum atomic E-state index is 11.0. The van der Waals surface area contributed by atoms with E-state index in [-0.39, 0.29) is 11.8 Å². The summed E-state index contributed by atoms with van der Waals surface area (Å²) in [7, 11) is -2.84. The van der Waals surface area contributed by atoms with Crippen LogP contribution in [0.15, 0.2) is 28.7 Å². The summed E-state index contributed by atoms with van der Waals surface area (Å²) in [5.74, 6) is 0.243. The second-order valence-corrected chi connectivity index (χ2v) is 7.39. The van der Waals surface area contributed by atoms with Crippen molar-refractivity contribution in [3.63, 3.8) is 0 Å². The molecule has 0 saturated carbocycles. The van der Waals surface area contributed by atoms with Crippen molar-refractivity contribution < 1.29 is 8.42 Å². The Bertz CT molecular complexity index is 442. The molecule has 0 saturated heterocycles. The Morgan fingerprint density at radius 3 is 2.41 bits per heavy atom. The van der Waals surface area contributed by atoms with Gasteiger partial charge in [-0.3, -0.25) is 0 Å². The van der Waals surface area contributed by atoms with E-state index in [1.54, 1.807) is 0 Å². The highest BCUT2D eigenvalue weighted by Gasteiger charge is 2.05. The molecule has 1 N–H and O–H groups in total. The SMILES string of the molecule is C[C@H](NCCCS(C)(=O)=O)c1ccc(Br)cc1. The molecule has 96 valence electrons. The van der Waals surface area contributed by atoms with Crippen molar-refractivity contribution in [1.82, 2.24) is 5.32 Å². The quantitative estimate of drug-likeness (QED) is 0.820. The Morgan fingerprint density at radius 2 is 1.88 bits per heavy atom. The molecule has 0 unspecified atom stereocenters. The van der Waals surface area contributed by atoms with E-state index in [1.165, 1.54) is 11.8 Å². The number of rotatable bonds is 6. The summed E-state index contributed by atoms with van der Waals surface area (Å²) in [5, 5.41) is 3.31. The average Bonchev–Trinajstić information content (AvgIpc) is 2.24. The molecule has 1 aromatic carbocycles. The van der Waals surface area contributed by atoms with Gasteiger partial charge in [0.1, 0.15) is 9.84 Å². The lowest BCUT2D eigenvalue weighted by Crippen LogP contribution is -2.21. The monoisotopic (exact) mass is 319 g/mol. The fourth-order valence-corrected chi connectivity index (χ4v) is 2.46. The fraction of sp³-hybridized carbons (Fsp3) is 0.500. The van der Waals surface area contributed by atoms with E-state index in [2.05, 4.69) is 40.3 Å². The van der Waals surface area contributed by atoms with Crippen LogP contribution in [-0.2, 0) is 9.84 Å². The minimum absolute atomic E-state index is 0.239. The van der Waals surface area contributed by atoms with Crippen LogP contribution in [0.1, 0.15) is 24.9 Å². The highest BCUT2D eigenvalue weighted by molar-refractivity contribution is 9.10. The Hall–Kier alpha value is -0.390. The zero-order chi connectivity index (χ0) is 12.9. The van der Waals surface area contributed by atoms with Gasteiger partial charge in [0.05, 0.1) is 5.75 Å². The van der Waals surface area contributed by atoms with Crippen molar-refractivity contribution >= 4 is 25.8 Å². The van der Waals surface area contributed by atoms with Crippen LogP contribution < -0.4 is 5.32 Å². The smallest absolute Gasteiger partial charge is 0.147 e. The van der Waals surface area contributed by atoms with Crippen LogP contribution in [0.2, 0.25) is 0 Å². The zero-order valence-electron chi connectivity index (χ0n) is 10.1. The van der Waals surface area contributed by atoms with Gasteiger partial charge in [0.25, 0.3) is 0 Å². The van der Waals surface area contributed by atoms with Crippen molar-refractivity contribution in [2.45, 2.75) is 19.4 Å². The average molecular weight is 320 g/mol. The van der Waals surface area contributed by atoms with Crippen molar-refractivity contribution in [1.29, 1.82) is 0 Å². The van der Waals surface area contributed by atoms with Crippen LogP contribution in [0.3, 0.4) is 0 Å². The summed E-state index contributed by atoms with van der Waals surface area (Å²) in [5.41, 5.74) is 1.20. The molecule has 0 aliphatic carbocycles. The van der Waals surface area contributed by atoms with Crippen LogP contribution in [0, 0.1) is 0 Å². The molecule has 0 radical (unpaired) electrons. The third-order valence-corrected chi connectivity index (χ3v) is 4.07. The van der Waals surface area contributed by atoms with Crippen LogP contribution in [0.25, 0.3) is 0 Å². The van der Waals surface area contributed by atoms with Gasteiger partial charge in [-0.1, -0.05) is 28.1 Å². The Labute approximate surface area is 112 Å². The van der Waals surface area contributed by atoms with E-state index in [4.69, 9.17) is 0 Å². The number of halogens is 1. The predicted octanol–water partition coefficient (Wildman–Crippen LogP) is 2.53. The zero-order valence-corrected chi connectivity index (χ0v) is 12.5. The molecule has 1 atom stereocenters. The lowest BCUT2D eigenvalue weighted by molar-refractivity contribution is 0.562. The number of hydrogen-bond acceptors (Lipinski definition) is 3. The van der Waals surface area contributed by atoms with Crippen LogP contribution in [0.4, 0.5) is 0 Å². The lowest BCUT2D eigenvalue weighted by Gasteiger charge is -2.14. The van der Waals surface area contributed by atoms with Gasteiger partial charge in [0.2, 0.25) is 0 Å². The van der Waals surface area contributed by atoms with E-state index >= 15 is 0 Å². The largest absolute Gasteiger partial charge is 0.310 e. The van der Waals surface area contributed by atoms with Gasteiger partial charge in [-0.15, -0.1) is 0 Å². The molecule has 17 heavy (non-hydrogen) atoms. The summed E-state index contributed by atoms with van der Waals surface area (Å²) in [4.78, 5) is 0. The molecular formula is C12H18BrNO2S. The summed E-state index contributed by atoms with van der Waals surface area (Å²) in [6.45, 7) is 2.79. The molecule has 0 aliphatic rings. The molecule has 0 fully saturated rings. The molecule has 0 aliphatic heterocycles. The first-order chi connectivity index (χ1) is 7.88. The summed E-state index contributed by atoms with van der Waals surface area (Å²) >= 11 is 3.39. The molecular weight excluding hydrogens is 302 g/mol. The number of sulfone groups is 1. The van der Waals surface area contributed by atoms with Gasteiger partial charge in [0.15, 0.2) is 0 Å². The van der Waals surface area contributed by atoms with Crippen LogP contribution >= 0.6 is 15.9 Å². The van der Waals surface area contributed by atoms with E-state index in [9.17, 15) is 8.42 Å². The van der Waals surface area contributed by atoms with E-state index in [0.717, 1.165) is 4.47 Å². The highest BCUT2D eigenvalue weighted by atomic mass is 79.9. The lowest BCUT2D eigenvalue weighted by atomic mass is 10.1. The molecule has 0 heterocycles. The van der Waals surface area contributed by atoms with Gasteiger partial charge in [0, 0.05) is 16.8 Å². The van der Waals surface area contributed by atoms with Crippen LogP contribution in [0.5, 0.6) is 0 Å². The minimum Gasteiger partial charge on any atom is -0.310 e. The van der Waals surface area contributed by atoms with Gasteiger partial charge in [-0.2, -0.15) is 0 Å². The first kappa shape index (κ1) is 14.7. The Balaban J connectivity index is 2.35. The highest BCUT2D eigenvalue weighted by Crippen LogP contribution is 2.16. The molecule has 3 nitrogen and oxygen atoms in total. The van der Waals surface area contributed by atoms with E-state index in [1.807, 2.05) is 12.1 Å². The van der Waals surface area contributed by atoms with Gasteiger partial charge < -0.3 is 5.32 Å². The van der Waals surface area contributed by atoms with Gasteiger partial charge >= 0.3 is 0 Å². The number of nitrogens with one attached hydrogen (secondary N) is 1. The Kier molecular flexibility index (Phi) is 5.62. The van der Waals surface area contributed by atoms with Gasteiger partial charge in [-0.25, -0.2) is 8.42 Å². The predicted molar refractivity (Wildman–Crippen MR) is 74.9 cm³/mol. The first-order valence-corrected chi connectivity index (χ1v) is 8.40. The second-order valence-electron chi connectivity index (χ2n) is 4.21. The molecule has 1 aromatic rings. The van der Waals surface area contributed by atoms with Crippen molar-refractivity contribution in [2.24, 2.45) is 0 Å². The fourth-order valence-electron chi connectivity index (χ4n) is 1.52. The Morgan fingerprint density at radius 1 is 1.29 bits per heavy atom. The summed E-state index contributed by atoms with van der Waals surface area (Å²) < 4.78 is 23.0. The maximum Gasteiger partial charge on any atom is 0.147 e. The number of benzene rings is 1. The van der Waals surface area contributed by atoms with Crippen molar-refractivity contribution in [3.8, 4) is 0 Å². The molecule has 1 rings (SSSR count). The van der Waals surface area contributed by atoms with E-state index in [0.29, 0.717) is 13.0 Å². The summed E-state index contributed by atoms with van der Waals surface area (Å²) in [6, 6.07) is 8.35. The minimum atomic E-state index is -2.84. The molecule has 0 spiro atoms. The topological polar surface area (TPSA) is 46.2 Å². The summed E-state index contributed by atoms with van der Waals surface area (Å²) in [6.07, 6.45) is 1.92. The second kappa shape index (κ2) is 6.52. The molecule has 0 aromatic heterocycles. The third kappa shape index (κ3) is 6.19. The molecule has 0 amide bonds. The van der Waals surface area contributed by atoms with Gasteiger partial charge in [-0.05, 0) is 37.6 Å². The van der Waals surface area contributed by atoms with E-state index < -0.39 is 9.84 Å². The standard InChI is InChI=1S/C12H18BrNO2S/c1-10(11-4-6-12(13)7-5-11)14-8-3-9-17(2,15)16/h4-7,10,14H,3,8-9H2,1-2H3/t10-/m0/s1. The normalized spacial score (nSPS) is 13.6.